The van der Waals surface area contributed by atoms with Gasteiger partial charge in [-0.05, 0) is 47.5 Å². The predicted molar refractivity (Wildman–Crippen MR) is 128 cm³/mol. The van der Waals surface area contributed by atoms with Crippen LogP contribution in [0, 0.1) is 0 Å². The van der Waals surface area contributed by atoms with Crippen molar-refractivity contribution in [2.24, 2.45) is 0 Å². The Balaban J connectivity index is 1.69. The van der Waals surface area contributed by atoms with Gasteiger partial charge in [0.2, 0.25) is 5.91 Å². The minimum Gasteiger partial charge on any atom is -0.497 e. The summed E-state index contributed by atoms with van der Waals surface area (Å²) in [5.74, 6) is -0.883. The fourth-order valence-corrected chi connectivity index (χ4v) is 3.44. The molecule has 0 aliphatic carbocycles. The van der Waals surface area contributed by atoms with Gasteiger partial charge in [-0.3, -0.25) is 15.0 Å². The number of carbonyl (C=O) groups is 3. The Hall–Kier alpha value is -4.33. The van der Waals surface area contributed by atoms with Gasteiger partial charge in [-0.1, -0.05) is 42.5 Å². The molecule has 0 saturated heterocycles. The molecule has 0 aliphatic rings. The van der Waals surface area contributed by atoms with E-state index in [1.54, 1.807) is 55.6 Å². The molecule has 8 heteroatoms. The third-order valence-corrected chi connectivity index (χ3v) is 5.13. The Labute approximate surface area is 197 Å². The molecule has 176 valence electrons. The third kappa shape index (κ3) is 6.59. The van der Waals surface area contributed by atoms with E-state index in [0.717, 1.165) is 11.1 Å². The largest absolute Gasteiger partial charge is 0.497 e. The van der Waals surface area contributed by atoms with Crippen molar-refractivity contribution in [2.75, 3.05) is 17.3 Å². The quantitative estimate of drug-likeness (QED) is 0.485. The highest BCUT2D eigenvalue weighted by molar-refractivity contribution is 5.98. The van der Waals surface area contributed by atoms with Gasteiger partial charge in [0.15, 0.2) is 0 Å². The zero-order valence-electron chi connectivity index (χ0n) is 18.9. The molecule has 2 N–H and O–H groups in total. The van der Waals surface area contributed by atoms with E-state index in [-0.39, 0.29) is 13.0 Å². The van der Waals surface area contributed by atoms with E-state index in [4.69, 9.17) is 9.47 Å². The van der Waals surface area contributed by atoms with Gasteiger partial charge < -0.3 is 14.6 Å². The first-order valence-electron chi connectivity index (χ1n) is 10.6. The van der Waals surface area contributed by atoms with Crippen LogP contribution in [0.4, 0.5) is 16.2 Å². The van der Waals surface area contributed by atoms with Crippen LogP contribution in [0.3, 0.4) is 0 Å². The first-order chi connectivity index (χ1) is 16.4. The van der Waals surface area contributed by atoms with Crippen LogP contribution in [0.5, 0.6) is 5.75 Å². The minimum atomic E-state index is -1.13. The SMILES string of the molecule is COc1ccc(C[C@@H](C(=O)O)N(C(C)=O)c2ccc(NC(=O)OCc3ccccc3)cc2)cc1. The fraction of sp³-hybridized carbons (Fsp3) is 0.192. The van der Waals surface area contributed by atoms with E-state index in [2.05, 4.69) is 5.32 Å². The molecule has 0 unspecified atom stereocenters. The molecule has 0 saturated carbocycles. The summed E-state index contributed by atoms with van der Waals surface area (Å²) < 4.78 is 10.3. The van der Waals surface area contributed by atoms with E-state index in [0.29, 0.717) is 17.1 Å². The lowest BCUT2D eigenvalue weighted by atomic mass is 10.0. The molecule has 34 heavy (non-hydrogen) atoms. The summed E-state index contributed by atoms with van der Waals surface area (Å²) in [6, 6.07) is 21.5. The Kier molecular flexibility index (Phi) is 8.23. The van der Waals surface area contributed by atoms with E-state index >= 15 is 0 Å². The number of ether oxygens (including phenoxy) is 2. The number of carboxylic acid groups (broad SMARTS) is 1. The molecule has 0 bridgehead atoms. The van der Waals surface area contributed by atoms with Crippen LogP contribution in [0.1, 0.15) is 18.1 Å². The van der Waals surface area contributed by atoms with Crippen molar-refractivity contribution in [2.45, 2.75) is 26.0 Å². The molecule has 3 aromatic carbocycles. The number of amides is 2. The van der Waals surface area contributed by atoms with Crippen molar-refractivity contribution in [1.29, 1.82) is 0 Å². The average molecular weight is 463 g/mol. The Bertz CT molecular complexity index is 1110. The molecule has 0 radical (unpaired) electrons. The van der Waals surface area contributed by atoms with E-state index in [1.165, 1.54) is 11.8 Å². The molecular weight excluding hydrogens is 436 g/mol. The maximum Gasteiger partial charge on any atom is 0.411 e. The average Bonchev–Trinajstić information content (AvgIpc) is 2.84. The van der Waals surface area contributed by atoms with E-state index in [1.807, 2.05) is 30.3 Å². The van der Waals surface area contributed by atoms with Crippen LogP contribution in [-0.4, -0.2) is 36.2 Å². The van der Waals surface area contributed by atoms with Gasteiger partial charge in [0.1, 0.15) is 18.4 Å². The highest BCUT2D eigenvalue weighted by Crippen LogP contribution is 2.23. The number of rotatable bonds is 9. The smallest absolute Gasteiger partial charge is 0.411 e. The number of carbonyl (C=O) groups excluding carboxylic acids is 2. The van der Waals surface area contributed by atoms with Crippen molar-refractivity contribution in [1.82, 2.24) is 0 Å². The van der Waals surface area contributed by atoms with Gasteiger partial charge >= 0.3 is 12.1 Å². The minimum absolute atomic E-state index is 0.116. The van der Waals surface area contributed by atoms with Gasteiger partial charge in [-0.15, -0.1) is 0 Å². The standard InChI is InChI=1S/C26H26N2O6/c1-18(29)28(24(25(30)31)16-19-8-14-23(33-2)15-9-19)22-12-10-21(11-13-22)27-26(32)34-17-20-6-4-3-5-7-20/h3-15,24H,16-17H2,1-2H3,(H,27,32)(H,30,31)/t24-/m0/s1. The number of carboxylic acids is 1. The lowest BCUT2D eigenvalue weighted by Gasteiger charge is -2.28. The number of nitrogens with zero attached hydrogens (tertiary/aromatic N) is 1. The van der Waals surface area contributed by atoms with Crippen LogP contribution in [0.2, 0.25) is 0 Å². The van der Waals surface area contributed by atoms with Crippen LogP contribution in [-0.2, 0) is 27.4 Å². The van der Waals surface area contributed by atoms with Crippen molar-refractivity contribution in [3.63, 3.8) is 0 Å². The number of hydrogen-bond donors (Lipinski definition) is 2. The second-order valence-corrected chi connectivity index (χ2v) is 7.53. The van der Waals surface area contributed by atoms with Gasteiger partial charge in [0.25, 0.3) is 0 Å². The normalized spacial score (nSPS) is 11.2. The number of nitrogens with one attached hydrogen (secondary N) is 1. The molecule has 8 nitrogen and oxygen atoms in total. The number of methoxy groups -OCH3 is 1. The lowest BCUT2D eigenvalue weighted by molar-refractivity contribution is -0.140. The van der Waals surface area contributed by atoms with Crippen LogP contribution in [0.15, 0.2) is 78.9 Å². The fourth-order valence-electron chi connectivity index (χ4n) is 3.44. The molecule has 0 aromatic heterocycles. The predicted octanol–water partition coefficient (Wildman–Crippen LogP) is 4.49. The van der Waals surface area contributed by atoms with E-state index < -0.39 is 24.0 Å². The summed E-state index contributed by atoms with van der Waals surface area (Å²) in [6.45, 7) is 1.45. The summed E-state index contributed by atoms with van der Waals surface area (Å²) in [6.07, 6.45) is -0.506. The monoisotopic (exact) mass is 462 g/mol. The Morgan fingerprint density at radius 1 is 0.912 bits per heavy atom. The Morgan fingerprint density at radius 2 is 1.56 bits per heavy atom. The molecule has 3 rings (SSSR count). The zero-order chi connectivity index (χ0) is 24.5. The molecule has 1 atom stereocenters. The molecule has 0 spiro atoms. The van der Waals surface area contributed by atoms with Gasteiger partial charge in [0.05, 0.1) is 7.11 Å². The lowest BCUT2D eigenvalue weighted by Crippen LogP contribution is -2.45. The van der Waals surface area contributed by atoms with Gasteiger partial charge in [0, 0.05) is 24.7 Å². The second kappa shape index (κ2) is 11.5. The number of benzene rings is 3. The molecule has 2 amide bonds. The van der Waals surface area contributed by atoms with Crippen LogP contribution >= 0.6 is 0 Å². The van der Waals surface area contributed by atoms with Crippen LogP contribution < -0.4 is 15.0 Å². The molecule has 0 heterocycles. The molecule has 0 fully saturated rings. The maximum absolute atomic E-state index is 12.4. The summed E-state index contributed by atoms with van der Waals surface area (Å²) in [5, 5.41) is 12.5. The second-order valence-electron chi connectivity index (χ2n) is 7.53. The molecular formula is C26H26N2O6. The summed E-state index contributed by atoms with van der Waals surface area (Å²) in [4.78, 5) is 37.8. The Morgan fingerprint density at radius 3 is 2.12 bits per heavy atom. The maximum atomic E-state index is 12.4. The van der Waals surface area contributed by atoms with Crippen molar-refractivity contribution >= 4 is 29.3 Å². The van der Waals surface area contributed by atoms with Crippen molar-refractivity contribution in [3.05, 3.63) is 90.0 Å². The summed E-state index contributed by atoms with van der Waals surface area (Å²) in [7, 11) is 1.55. The van der Waals surface area contributed by atoms with Crippen LogP contribution in [0.25, 0.3) is 0 Å². The zero-order valence-corrected chi connectivity index (χ0v) is 18.9. The number of aliphatic carboxylic acids is 1. The summed E-state index contributed by atoms with van der Waals surface area (Å²) in [5.41, 5.74) is 2.46. The third-order valence-electron chi connectivity index (χ3n) is 5.13. The highest BCUT2D eigenvalue weighted by Gasteiger charge is 2.29. The number of hydrogen-bond acceptors (Lipinski definition) is 5. The molecule has 0 aliphatic heterocycles. The summed E-state index contributed by atoms with van der Waals surface area (Å²) >= 11 is 0. The highest BCUT2D eigenvalue weighted by atomic mass is 16.5. The van der Waals surface area contributed by atoms with Gasteiger partial charge in [-0.25, -0.2) is 9.59 Å². The molecule has 3 aromatic rings. The first-order valence-corrected chi connectivity index (χ1v) is 10.6. The van der Waals surface area contributed by atoms with Gasteiger partial charge in [-0.2, -0.15) is 0 Å². The number of anilines is 2. The van der Waals surface area contributed by atoms with Crippen molar-refractivity contribution < 1.29 is 29.0 Å². The topological polar surface area (TPSA) is 105 Å². The first kappa shape index (κ1) is 24.3. The van der Waals surface area contributed by atoms with Crippen molar-refractivity contribution in [3.8, 4) is 5.75 Å². The van der Waals surface area contributed by atoms with E-state index in [9.17, 15) is 19.5 Å².